The van der Waals surface area contributed by atoms with Crippen LogP contribution in [-0.4, -0.2) is 18.5 Å². The first kappa shape index (κ1) is 20.1. The Bertz CT molecular complexity index is 964. The molecule has 1 N–H and O–H groups in total. The van der Waals surface area contributed by atoms with Crippen molar-refractivity contribution in [2.24, 2.45) is 0 Å². The van der Waals surface area contributed by atoms with E-state index in [-0.39, 0.29) is 18.2 Å². The zero-order valence-corrected chi connectivity index (χ0v) is 15.8. The molecule has 0 fully saturated rings. The van der Waals surface area contributed by atoms with Gasteiger partial charge in [0.05, 0.1) is 0 Å². The van der Waals surface area contributed by atoms with Crippen LogP contribution in [0.2, 0.25) is 0 Å². The molecule has 0 bridgehead atoms. The highest BCUT2D eigenvalue weighted by Crippen LogP contribution is 2.16. The lowest BCUT2D eigenvalue weighted by Gasteiger charge is -2.06. The molecule has 1 heterocycles. The van der Waals surface area contributed by atoms with Crippen molar-refractivity contribution in [2.75, 3.05) is 11.9 Å². The molecule has 7 heteroatoms. The summed E-state index contributed by atoms with van der Waals surface area (Å²) in [5.41, 5.74) is 1.79. The Hall–Kier alpha value is -3.61. The molecule has 3 aromatic rings. The molecule has 0 saturated carbocycles. The van der Waals surface area contributed by atoms with Gasteiger partial charge in [0.15, 0.2) is 6.61 Å². The number of halogens is 1. The second kappa shape index (κ2) is 9.54. The van der Waals surface area contributed by atoms with E-state index in [2.05, 4.69) is 5.32 Å². The molecule has 150 valence electrons. The highest BCUT2D eigenvalue weighted by Gasteiger charge is 2.15. The molecule has 29 heavy (non-hydrogen) atoms. The molecule has 0 aliphatic carbocycles. The lowest BCUT2D eigenvalue weighted by atomic mass is 10.1. The molecular weight excluding hydrogens is 377 g/mol. The van der Waals surface area contributed by atoms with Crippen LogP contribution in [0.25, 0.3) is 0 Å². The van der Waals surface area contributed by atoms with Crippen LogP contribution in [0, 0.1) is 5.82 Å². The highest BCUT2D eigenvalue weighted by molar-refractivity contribution is 5.94. The van der Waals surface area contributed by atoms with Crippen molar-refractivity contribution in [1.29, 1.82) is 0 Å². The Morgan fingerprint density at radius 2 is 1.72 bits per heavy atom. The number of aryl methyl sites for hydroxylation is 1. The Morgan fingerprint density at radius 3 is 2.41 bits per heavy atom. The number of esters is 1. The lowest BCUT2D eigenvalue weighted by Crippen LogP contribution is -2.20. The first-order valence-corrected chi connectivity index (χ1v) is 9.06. The summed E-state index contributed by atoms with van der Waals surface area (Å²) in [4.78, 5) is 24.0. The van der Waals surface area contributed by atoms with Gasteiger partial charge in [-0.1, -0.05) is 19.1 Å². The van der Waals surface area contributed by atoms with Gasteiger partial charge in [-0.25, -0.2) is 9.18 Å². The fourth-order valence-corrected chi connectivity index (χ4v) is 2.47. The maximum absolute atomic E-state index is 12.9. The monoisotopic (exact) mass is 397 g/mol. The van der Waals surface area contributed by atoms with E-state index < -0.39 is 18.5 Å². The average Bonchev–Trinajstić information content (AvgIpc) is 3.21. The van der Waals surface area contributed by atoms with Crippen molar-refractivity contribution in [1.82, 2.24) is 0 Å². The molecule has 1 aromatic heterocycles. The minimum atomic E-state index is -0.755. The fourth-order valence-electron chi connectivity index (χ4n) is 2.47. The van der Waals surface area contributed by atoms with Gasteiger partial charge in [0, 0.05) is 5.69 Å². The van der Waals surface area contributed by atoms with Crippen LogP contribution in [0.15, 0.2) is 65.1 Å². The number of ether oxygens (including phenoxy) is 2. The molecule has 0 saturated heterocycles. The van der Waals surface area contributed by atoms with E-state index in [1.807, 2.05) is 19.1 Å². The molecule has 0 unspecified atom stereocenters. The number of hydrogen-bond acceptors (Lipinski definition) is 5. The quantitative estimate of drug-likeness (QED) is 0.572. The Morgan fingerprint density at radius 1 is 1.00 bits per heavy atom. The molecule has 0 spiro atoms. The number of furan rings is 1. The predicted octanol–water partition coefficient (Wildman–Crippen LogP) is 4.36. The zero-order valence-electron chi connectivity index (χ0n) is 15.8. The summed E-state index contributed by atoms with van der Waals surface area (Å²) in [5, 5.41) is 2.65. The third-order valence-corrected chi connectivity index (χ3v) is 4.04. The third-order valence-electron chi connectivity index (χ3n) is 4.04. The van der Waals surface area contributed by atoms with Crippen LogP contribution in [-0.2, 0) is 22.6 Å². The first-order valence-electron chi connectivity index (χ1n) is 9.06. The molecule has 0 radical (unpaired) electrons. The molecule has 2 aromatic carbocycles. The molecule has 0 aliphatic heterocycles. The summed E-state index contributed by atoms with van der Waals surface area (Å²) in [6.07, 6.45) is 0.909. The third kappa shape index (κ3) is 5.93. The van der Waals surface area contributed by atoms with Crippen molar-refractivity contribution >= 4 is 17.6 Å². The molecule has 3 rings (SSSR count). The van der Waals surface area contributed by atoms with Gasteiger partial charge in [-0.3, -0.25) is 4.79 Å². The molecular formula is C22H20FNO5. The summed E-state index contributed by atoms with van der Waals surface area (Å²) in [6.45, 7) is 1.67. The summed E-state index contributed by atoms with van der Waals surface area (Å²) in [5.74, 6) is -0.744. The van der Waals surface area contributed by atoms with Crippen molar-refractivity contribution in [3.05, 3.63) is 83.6 Å². The number of carbonyl (C=O) groups excluding carboxylic acids is 2. The van der Waals surface area contributed by atoms with Gasteiger partial charge < -0.3 is 19.2 Å². The van der Waals surface area contributed by atoms with Crippen molar-refractivity contribution < 1.29 is 27.9 Å². The number of hydrogen-bond donors (Lipinski definition) is 1. The molecule has 6 nitrogen and oxygen atoms in total. The zero-order chi connectivity index (χ0) is 20.6. The number of carbonyl (C=O) groups is 2. The second-order valence-electron chi connectivity index (χ2n) is 6.18. The molecule has 0 aliphatic rings. The van der Waals surface area contributed by atoms with Gasteiger partial charge in [-0.05, 0) is 60.5 Å². The predicted molar refractivity (Wildman–Crippen MR) is 104 cm³/mol. The normalized spacial score (nSPS) is 10.4. The minimum Gasteiger partial charge on any atom is -0.486 e. The first-order chi connectivity index (χ1) is 14.0. The maximum Gasteiger partial charge on any atom is 0.374 e. The van der Waals surface area contributed by atoms with E-state index in [9.17, 15) is 14.0 Å². The lowest BCUT2D eigenvalue weighted by molar-refractivity contribution is -0.119. The van der Waals surface area contributed by atoms with Crippen LogP contribution < -0.4 is 10.1 Å². The van der Waals surface area contributed by atoms with Crippen LogP contribution in [0.5, 0.6) is 5.75 Å². The number of nitrogens with one attached hydrogen (secondary N) is 1. The van der Waals surface area contributed by atoms with Gasteiger partial charge in [-0.15, -0.1) is 0 Å². The molecule has 0 atom stereocenters. The molecule has 1 amide bonds. The summed E-state index contributed by atoms with van der Waals surface area (Å²) >= 11 is 0. The average molecular weight is 397 g/mol. The number of rotatable bonds is 8. The standard InChI is InChI=1S/C22H20FNO5/c1-2-15-3-7-17(8-4-15)24-21(25)14-28-22(26)20-12-11-19(29-20)13-27-18-9-5-16(23)6-10-18/h3-12H,2,13-14H2,1H3,(H,24,25). The van der Waals surface area contributed by atoms with Gasteiger partial charge >= 0.3 is 5.97 Å². The van der Waals surface area contributed by atoms with Crippen molar-refractivity contribution in [3.8, 4) is 5.75 Å². The van der Waals surface area contributed by atoms with Crippen molar-refractivity contribution in [2.45, 2.75) is 20.0 Å². The van der Waals surface area contributed by atoms with E-state index in [0.29, 0.717) is 17.2 Å². The summed E-state index contributed by atoms with van der Waals surface area (Å²) in [7, 11) is 0. The topological polar surface area (TPSA) is 77.8 Å². The largest absolute Gasteiger partial charge is 0.486 e. The van der Waals surface area contributed by atoms with Crippen LogP contribution in [0.1, 0.15) is 28.8 Å². The maximum atomic E-state index is 12.9. The number of benzene rings is 2. The van der Waals surface area contributed by atoms with Gasteiger partial charge in [0.25, 0.3) is 5.91 Å². The Balaban J connectivity index is 1.45. The van der Waals surface area contributed by atoms with Crippen molar-refractivity contribution in [3.63, 3.8) is 0 Å². The van der Waals surface area contributed by atoms with Gasteiger partial charge in [-0.2, -0.15) is 0 Å². The minimum absolute atomic E-state index is 0.0391. The van der Waals surface area contributed by atoms with Crippen LogP contribution in [0.4, 0.5) is 10.1 Å². The number of anilines is 1. The van der Waals surface area contributed by atoms with E-state index in [4.69, 9.17) is 13.9 Å². The fraction of sp³-hybridized carbons (Fsp3) is 0.182. The van der Waals surface area contributed by atoms with E-state index in [1.54, 1.807) is 18.2 Å². The van der Waals surface area contributed by atoms with Crippen LogP contribution >= 0.6 is 0 Å². The van der Waals surface area contributed by atoms with E-state index >= 15 is 0 Å². The summed E-state index contributed by atoms with van der Waals surface area (Å²) < 4.78 is 28.6. The smallest absolute Gasteiger partial charge is 0.374 e. The van der Waals surface area contributed by atoms with E-state index in [1.165, 1.54) is 30.3 Å². The Labute approximate surface area is 167 Å². The van der Waals surface area contributed by atoms with Gasteiger partial charge in [0.2, 0.25) is 5.76 Å². The SMILES string of the molecule is CCc1ccc(NC(=O)COC(=O)c2ccc(COc3ccc(F)cc3)o2)cc1. The second-order valence-corrected chi connectivity index (χ2v) is 6.18. The Kier molecular flexibility index (Phi) is 6.63. The highest BCUT2D eigenvalue weighted by atomic mass is 19.1. The summed E-state index contributed by atoms with van der Waals surface area (Å²) in [6, 6.07) is 16.0. The van der Waals surface area contributed by atoms with Crippen LogP contribution in [0.3, 0.4) is 0 Å². The van der Waals surface area contributed by atoms with Gasteiger partial charge in [0.1, 0.15) is 23.9 Å². The van der Waals surface area contributed by atoms with E-state index in [0.717, 1.165) is 12.0 Å². The number of amides is 1.